The SMILES string of the molecule is CC(=O)NCc1ccc(-c2nc(NC(=O)CCNC(=O)c3ccccc3C)sc2C)s1. The largest absolute Gasteiger partial charge is 0.352 e. The molecule has 3 aromatic rings. The van der Waals surface area contributed by atoms with Crippen LogP contribution >= 0.6 is 22.7 Å². The number of nitrogens with zero attached hydrogens (tertiary/aromatic N) is 1. The second kappa shape index (κ2) is 10.3. The van der Waals surface area contributed by atoms with E-state index in [4.69, 9.17) is 0 Å². The lowest BCUT2D eigenvalue weighted by Crippen LogP contribution is -2.28. The van der Waals surface area contributed by atoms with Crippen LogP contribution in [-0.2, 0) is 16.1 Å². The number of thiophene rings is 1. The van der Waals surface area contributed by atoms with Crippen molar-refractivity contribution in [1.29, 1.82) is 0 Å². The molecule has 3 N–H and O–H groups in total. The van der Waals surface area contributed by atoms with E-state index in [0.29, 0.717) is 17.2 Å². The van der Waals surface area contributed by atoms with E-state index in [9.17, 15) is 14.4 Å². The maximum Gasteiger partial charge on any atom is 0.251 e. The first-order chi connectivity index (χ1) is 14.8. The van der Waals surface area contributed by atoms with Crippen LogP contribution in [0.5, 0.6) is 0 Å². The van der Waals surface area contributed by atoms with Gasteiger partial charge in [-0.25, -0.2) is 4.98 Å². The molecule has 0 unspecified atom stereocenters. The number of carbonyl (C=O) groups excluding carboxylic acids is 3. The third-order valence-corrected chi connectivity index (χ3v) is 6.46. The van der Waals surface area contributed by atoms with Gasteiger partial charge in [0.25, 0.3) is 5.91 Å². The molecular weight excluding hydrogens is 432 g/mol. The van der Waals surface area contributed by atoms with E-state index in [2.05, 4.69) is 20.9 Å². The Morgan fingerprint density at radius 2 is 1.77 bits per heavy atom. The van der Waals surface area contributed by atoms with Crippen LogP contribution < -0.4 is 16.0 Å². The van der Waals surface area contributed by atoms with Gasteiger partial charge >= 0.3 is 0 Å². The molecule has 3 rings (SSSR count). The van der Waals surface area contributed by atoms with Crippen LogP contribution in [-0.4, -0.2) is 29.3 Å². The number of nitrogens with one attached hydrogen (secondary N) is 3. The average Bonchev–Trinajstić information content (AvgIpc) is 3.32. The minimum atomic E-state index is -0.206. The molecule has 0 saturated heterocycles. The van der Waals surface area contributed by atoms with Crippen molar-refractivity contribution in [2.75, 3.05) is 11.9 Å². The summed E-state index contributed by atoms with van der Waals surface area (Å²) >= 11 is 2.97. The Balaban J connectivity index is 1.53. The summed E-state index contributed by atoms with van der Waals surface area (Å²) in [6.45, 7) is 6.05. The number of benzene rings is 1. The Bertz CT molecular complexity index is 1100. The summed E-state index contributed by atoms with van der Waals surface area (Å²) in [7, 11) is 0. The molecular formula is C22H24N4O3S2. The number of rotatable bonds is 8. The highest BCUT2D eigenvalue weighted by atomic mass is 32.1. The Kier molecular flexibility index (Phi) is 7.54. The number of thiazole rings is 1. The van der Waals surface area contributed by atoms with Gasteiger partial charge in [-0.15, -0.1) is 22.7 Å². The molecule has 1 aromatic carbocycles. The first kappa shape index (κ1) is 22.6. The third-order valence-electron chi connectivity index (χ3n) is 4.48. The zero-order chi connectivity index (χ0) is 22.4. The van der Waals surface area contributed by atoms with Gasteiger partial charge < -0.3 is 16.0 Å². The molecule has 2 heterocycles. The fraction of sp³-hybridized carbons (Fsp3) is 0.273. The summed E-state index contributed by atoms with van der Waals surface area (Å²) < 4.78 is 0. The third kappa shape index (κ3) is 6.22. The summed E-state index contributed by atoms with van der Waals surface area (Å²) in [5, 5.41) is 8.89. The maximum atomic E-state index is 12.3. The van der Waals surface area contributed by atoms with Gasteiger partial charge in [-0.3, -0.25) is 14.4 Å². The fourth-order valence-electron chi connectivity index (χ4n) is 2.88. The molecule has 2 aromatic heterocycles. The molecule has 3 amide bonds. The van der Waals surface area contributed by atoms with Crippen molar-refractivity contribution in [3.63, 3.8) is 0 Å². The highest BCUT2D eigenvalue weighted by Crippen LogP contribution is 2.34. The fourth-order valence-corrected chi connectivity index (χ4v) is 4.79. The van der Waals surface area contributed by atoms with Crippen LogP contribution in [0.2, 0.25) is 0 Å². The molecule has 0 spiro atoms. The smallest absolute Gasteiger partial charge is 0.251 e. The molecule has 0 radical (unpaired) electrons. The Morgan fingerprint density at radius 3 is 2.52 bits per heavy atom. The van der Waals surface area contributed by atoms with Gasteiger partial charge in [-0.1, -0.05) is 18.2 Å². The number of amides is 3. The first-order valence-electron chi connectivity index (χ1n) is 9.78. The van der Waals surface area contributed by atoms with Gasteiger partial charge in [0.05, 0.1) is 17.1 Å². The maximum absolute atomic E-state index is 12.3. The molecule has 162 valence electrons. The second-order valence-electron chi connectivity index (χ2n) is 6.97. The lowest BCUT2D eigenvalue weighted by Gasteiger charge is -2.07. The number of hydrogen-bond acceptors (Lipinski definition) is 6. The molecule has 0 atom stereocenters. The van der Waals surface area contributed by atoms with Crippen molar-refractivity contribution in [2.45, 2.75) is 33.7 Å². The van der Waals surface area contributed by atoms with Gasteiger partial charge in [0.1, 0.15) is 0 Å². The van der Waals surface area contributed by atoms with Crippen molar-refractivity contribution < 1.29 is 14.4 Å². The van der Waals surface area contributed by atoms with E-state index < -0.39 is 0 Å². The molecule has 0 saturated carbocycles. The predicted octanol–water partition coefficient (Wildman–Crippen LogP) is 3.88. The van der Waals surface area contributed by atoms with Crippen molar-refractivity contribution in [3.05, 3.63) is 57.3 Å². The molecule has 7 nitrogen and oxygen atoms in total. The zero-order valence-electron chi connectivity index (χ0n) is 17.6. The summed E-state index contributed by atoms with van der Waals surface area (Å²) in [5.41, 5.74) is 2.33. The van der Waals surface area contributed by atoms with Gasteiger partial charge in [0, 0.05) is 35.2 Å². The minimum absolute atomic E-state index is 0.0696. The minimum Gasteiger partial charge on any atom is -0.352 e. The molecule has 0 fully saturated rings. The molecule has 0 aliphatic carbocycles. The van der Waals surface area contributed by atoms with Crippen LogP contribution in [0.25, 0.3) is 10.6 Å². The number of carbonyl (C=O) groups is 3. The van der Waals surface area contributed by atoms with Crippen molar-refractivity contribution in [1.82, 2.24) is 15.6 Å². The Labute approximate surface area is 188 Å². The van der Waals surface area contributed by atoms with Gasteiger partial charge in [0.2, 0.25) is 11.8 Å². The lowest BCUT2D eigenvalue weighted by molar-refractivity contribution is -0.119. The van der Waals surface area contributed by atoms with Crippen LogP contribution in [0.15, 0.2) is 36.4 Å². The highest BCUT2D eigenvalue weighted by Gasteiger charge is 2.15. The number of anilines is 1. The number of aryl methyl sites for hydroxylation is 2. The number of hydrogen-bond donors (Lipinski definition) is 3. The van der Waals surface area contributed by atoms with Gasteiger partial charge in [0.15, 0.2) is 5.13 Å². The molecule has 9 heteroatoms. The van der Waals surface area contributed by atoms with Gasteiger partial charge in [-0.2, -0.15) is 0 Å². The first-order valence-corrected chi connectivity index (χ1v) is 11.4. The van der Waals surface area contributed by atoms with E-state index in [1.54, 1.807) is 17.4 Å². The zero-order valence-corrected chi connectivity index (χ0v) is 19.2. The van der Waals surface area contributed by atoms with E-state index in [-0.39, 0.29) is 30.7 Å². The predicted molar refractivity (Wildman–Crippen MR) is 124 cm³/mol. The molecule has 0 aliphatic rings. The van der Waals surface area contributed by atoms with Crippen molar-refractivity contribution in [3.8, 4) is 10.6 Å². The standard InChI is InChI=1S/C22H24N4O3S2/c1-13-6-4-5-7-17(13)21(29)23-11-10-19(28)25-22-26-20(14(2)30-22)18-9-8-16(31-18)12-24-15(3)27/h4-9H,10-12H2,1-3H3,(H,23,29)(H,24,27)(H,25,26,28). The molecule has 31 heavy (non-hydrogen) atoms. The molecule has 0 aliphatic heterocycles. The second-order valence-corrected chi connectivity index (χ2v) is 9.34. The quantitative estimate of drug-likeness (QED) is 0.479. The topological polar surface area (TPSA) is 100 Å². The summed E-state index contributed by atoms with van der Waals surface area (Å²) in [6.07, 6.45) is 0.158. The summed E-state index contributed by atoms with van der Waals surface area (Å²) in [6, 6.07) is 11.3. The monoisotopic (exact) mass is 456 g/mol. The lowest BCUT2D eigenvalue weighted by atomic mass is 10.1. The van der Waals surface area contributed by atoms with E-state index in [1.165, 1.54) is 18.3 Å². The Morgan fingerprint density at radius 1 is 1.00 bits per heavy atom. The van der Waals surface area contributed by atoms with Crippen LogP contribution in [0.1, 0.15) is 39.0 Å². The number of aromatic nitrogens is 1. The van der Waals surface area contributed by atoms with Crippen LogP contribution in [0, 0.1) is 13.8 Å². The van der Waals surface area contributed by atoms with E-state index in [0.717, 1.165) is 25.9 Å². The highest BCUT2D eigenvalue weighted by molar-refractivity contribution is 7.18. The van der Waals surface area contributed by atoms with Crippen LogP contribution in [0.3, 0.4) is 0 Å². The van der Waals surface area contributed by atoms with E-state index in [1.807, 2.05) is 44.2 Å². The normalized spacial score (nSPS) is 10.5. The molecule has 0 bridgehead atoms. The van der Waals surface area contributed by atoms with Gasteiger partial charge in [-0.05, 0) is 37.6 Å². The summed E-state index contributed by atoms with van der Waals surface area (Å²) in [5.74, 6) is -0.464. The Hall–Kier alpha value is -3.04. The van der Waals surface area contributed by atoms with Crippen molar-refractivity contribution in [2.24, 2.45) is 0 Å². The van der Waals surface area contributed by atoms with E-state index >= 15 is 0 Å². The summed E-state index contributed by atoms with van der Waals surface area (Å²) in [4.78, 5) is 43.1. The van der Waals surface area contributed by atoms with Crippen molar-refractivity contribution >= 4 is 45.5 Å². The average molecular weight is 457 g/mol. The van der Waals surface area contributed by atoms with Crippen LogP contribution in [0.4, 0.5) is 5.13 Å².